The second-order valence-electron chi connectivity index (χ2n) is 5.10. The van der Waals surface area contributed by atoms with Gasteiger partial charge in [0.2, 0.25) is 10.0 Å². The van der Waals surface area contributed by atoms with Gasteiger partial charge in [-0.1, -0.05) is 35.8 Å². The Morgan fingerprint density at radius 3 is 2.65 bits per heavy atom. The predicted molar refractivity (Wildman–Crippen MR) is 84.3 cm³/mol. The molecule has 6 heteroatoms. The van der Waals surface area contributed by atoms with Gasteiger partial charge in [0, 0.05) is 17.6 Å². The van der Waals surface area contributed by atoms with Gasteiger partial charge in [-0.3, -0.25) is 0 Å². The van der Waals surface area contributed by atoms with Crippen molar-refractivity contribution in [1.29, 1.82) is 0 Å². The van der Waals surface area contributed by atoms with E-state index in [9.17, 15) is 8.42 Å². The lowest BCUT2D eigenvalue weighted by molar-refractivity contribution is 0.128. The minimum absolute atomic E-state index is 0.284. The number of sulfonamides is 1. The van der Waals surface area contributed by atoms with Crippen LogP contribution in [0.15, 0.2) is 27.6 Å². The van der Waals surface area contributed by atoms with Crippen LogP contribution in [0.2, 0.25) is 0 Å². The van der Waals surface area contributed by atoms with Gasteiger partial charge >= 0.3 is 0 Å². The van der Waals surface area contributed by atoms with Crippen LogP contribution in [0.3, 0.4) is 0 Å². The van der Waals surface area contributed by atoms with Crippen molar-refractivity contribution in [1.82, 2.24) is 4.72 Å². The molecule has 1 rings (SSSR count). The summed E-state index contributed by atoms with van der Waals surface area (Å²) in [6.45, 7) is 7.37. The van der Waals surface area contributed by atoms with E-state index >= 15 is 0 Å². The summed E-state index contributed by atoms with van der Waals surface area (Å²) < 4.78 is 33.0. The number of nitrogens with one attached hydrogen (secondary N) is 1. The van der Waals surface area contributed by atoms with Crippen LogP contribution in [0.1, 0.15) is 25.8 Å². The van der Waals surface area contributed by atoms with E-state index in [2.05, 4.69) is 34.5 Å². The summed E-state index contributed by atoms with van der Waals surface area (Å²) in [4.78, 5) is 0.300. The molecule has 0 atom stereocenters. The van der Waals surface area contributed by atoms with Crippen molar-refractivity contribution < 1.29 is 13.2 Å². The Kier molecular flexibility index (Phi) is 7.15. The predicted octanol–water partition coefficient (Wildman–Crippen LogP) is 3.10. The van der Waals surface area contributed by atoms with Gasteiger partial charge in [-0.15, -0.1) is 0 Å². The lowest BCUT2D eigenvalue weighted by Crippen LogP contribution is -2.28. The van der Waals surface area contributed by atoms with Gasteiger partial charge in [-0.2, -0.15) is 0 Å². The zero-order chi connectivity index (χ0) is 15.2. The molecule has 0 unspecified atom stereocenters. The molecule has 1 aromatic rings. The van der Waals surface area contributed by atoms with Crippen molar-refractivity contribution in [3.8, 4) is 0 Å². The molecule has 0 aliphatic heterocycles. The van der Waals surface area contributed by atoms with Crippen LogP contribution in [-0.4, -0.2) is 28.2 Å². The molecule has 0 amide bonds. The summed E-state index contributed by atoms with van der Waals surface area (Å²) in [7, 11) is -3.48. The lowest BCUT2D eigenvalue weighted by Gasteiger charge is -2.10. The van der Waals surface area contributed by atoms with Crippen LogP contribution >= 0.6 is 15.9 Å². The Morgan fingerprint density at radius 1 is 1.30 bits per heavy atom. The average Bonchev–Trinajstić information content (AvgIpc) is 2.36. The van der Waals surface area contributed by atoms with E-state index in [1.165, 1.54) is 0 Å². The Bertz CT molecular complexity index is 529. The number of hydrogen-bond acceptors (Lipinski definition) is 3. The van der Waals surface area contributed by atoms with Crippen LogP contribution in [-0.2, 0) is 14.8 Å². The molecule has 0 fully saturated rings. The topological polar surface area (TPSA) is 55.4 Å². The van der Waals surface area contributed by atoms with Crippen molar-refractivity contribution in [3.05, 3.63) is 28.2 Å². The first-order valence-electron chi connectivity index (χ1n) is 6.66. The second-order valence-corrected chi connectivity index (χ2v) is 7.75. The Morgan fingerprint density at radius 2 is 2.00 bits per heavy atom. The third kappa shape index (κ3) is 5.91. The maximum Gasteiger partial charge on any atom is 0.240 e. The minimum atomic E-state index is -3.48. The Labute approximate surface area is 130 Å². The first-order chi connectivity index (χ1) is 9.33. The second kappa shape index (κ2) is 8.12. The van der Waals surface area contributed by atoms with Crippen molar-refractivity contribution in [2.24, 2.45) is 5.92 Å². The quantitative estimate of drug-likeness (QED) is 0.722. The fourth-order valence-corrected chi connectivity index (χ4v) is 3.40. The minimum Gasteiger partial charge on any atom is -0.380 e. The molecule has 0 saturated carbocycles. The maximum absolute atomic E-state index is 12.2. The highest BCUT2D eigenvalue weighted by Crippen LogP contribution is 2.20. The highest BCUT2D eigenvalue weighted by molar-refractivity contribution is 9.10. The van der Waals surface area contributed by atoms with Gasteiger partial charge in [0.15, 0.2) is 0 Å². The number of ether oxygens (including phenoxy) is 1. The smallest absolute Gasteiger partial charge is 0.240 e. The van der Waals surface area contributed by atoms with Gasteiger partial charge in [-0.25, -0.2) is 13.1 Å². The van der Waals surface area contributed by atoms with Crippen molar-refractivity contribution >= 4 is 26.0 Å². The number of aryl methyl sites for hydroxylation is 1. The van der Waals surface area contributed by atoms with Crippen molar-refractivity contribution in [3.63, 3.8) is 0 Å². The highest BCUT2D eigenvalue weighted by atomic mass is 79.9. The summed E-state index contributed by atoms with van der Waals surface area (Å²) in [5.74, 6) is 0.594. The van der Waals surface area contributed by atoms with E-state index in [1.54, 1.807) is 19.1 Å². The van der Waals surface area contributed by atoms with Gasteiger partial charge in [0.25, 0.3) is 0 Å². The fourth-order valence-electron chi connectivity index (χ4n) is 1.61. The maximum atomic E-state index is 12.2. The molecule has 114 valence electrons. The van der Waals surface area contributed by atoms with Crippen LogP contribution in [0.5, 0.6) is 0 Å². The molecule has 0 saturated heterocycles. The average molecular weight is 364 g/mol. The van der Waals surface area contributed by atoms with E-state index in [1.807, 2.05) is 6.07 Å². The third-order valence-electron chi connectivity index (χ3n) is 2.82. The molecule has 4 nitrogen and oxygen atoms in total. The number of rotatable bonds is 8. The molecular weight excluding hydrogens is 342 g/mol. The monoisotopic (exact) mass is 363 g/mol. The van der Waals surface area contributed by atoms with E-state index in [4.69, 9.17) is 4.74 Å². The van der Waals surface area contributed by atoms with Crippen LogP contribution < -0.4 is 4.72 Å². The fraction of sp³-hybridized carbons (Fsp3) is 0.571. The lowest BCUT2D eigenvalue weighted by atomic mass is 10.1. The summed E-state index contributed by atoms with van der Waals surface area (Å²) in [5, 5.41) is 0. The zero-order valence-electron chi connectivity index (χ0n) is 12.1. The zero-order valence-corrected chi connectivity index (χ0v) is 14.6. The molecule has 1 aromatic carbocycles. The van der Waals surface area contributed by atoms with Crippen LogP contribution in [0.25, 0.3) is 0 Å². The first-order valence-corrected chi connectivity index (χ1v) is 8.94. The largest absolute Gasteiger partial charge is 0.380 e. The molecule has 0 aromatic heterocycles. The van der Waals surface area contributed by atoms with Crippen LogP contribution in [0.4, 0.5) is 0 Å². The van der Waals surface area contributed by atoms with Gasteiger partial charge in [0.05, 0.1) is 11.5 Å². The number of hydrogen-bond donors (Lipinski definition) is 1. The summed E-state index contributed by atoms with van der Waals surface area (Å²) in [5.41, 5.74) is 0.724. The summed E-state index contributed by atoms with van der Waals surface area (Å²) >= 11 is 3.29. The van der Waals surface area contributed by atoms with Crippen molar-refractivity contribution in [2.75, 3.05) is 19.8 Å². The SMILES string of the molecule is Cc1ccc(Br)cc1S(=O)(=O)NCCOCCC(C)C. The Hall–Kier alpha value is -0.430. The van der Waals surface area contributed by atoms with Crippen molar-refractivity contribution in [2.45, 2.75) is 32.1 Å². The number of benzene rings is 1. The molecule has 0 radical (unpaired) electrons. The van der Waals surface area contributed by atoms with Gasteiger partial charge in [-0.05, 0) is 37.0 Å². The molecule has 0 aliphatic carbocycles. The standard InChI is InChI=1S/C14H22BrNO3S/c1-11(2)6-8-19-9-7-16-20(17,18)14-10-13(15)5-4-12(14)3/h4-5,10-11,16H,6-9H2,1-3H3. The van der Waals surface area contributed by atoms with Gasteiger partial charge in [0.1, 0.15) is 0 Å². The van der Waals surface area contributed by atoms with E-state index in [0.717, 1.165) is 16.5 Å². The molecule has 0 spiro atoms. The summed E-state index contributed by atoms with van der Waals surface area (Å²) in [6, 6.07) is 5.21. The van der Waals surface area contributed by atoms with E-state index in [0.29, 0.717) is 24.0 Å². The first kappa shape index (κ1) is 17.6. The number of halogens is 1. The summed E-state index contributed by atoms with van der Waals surface area (Å²) in [6.07, 6.45) is 0.984. The molecule has 0 heterocycles. The molecule has 20 heavy (non-hydrogen) atoms. The van der Waals surface area contributed by atoms with Crippen LogP contribution in [0, 0.1) is 12.8 Å². The molecule has 0 aliphatic rings. The van der Waals surface area contributed by atoms with Gasteiger partial charge < -0.3 is 4.74 Å². The molecule has 1 N–H and O–H groups in total. The third-order valence-corrected chi connectivity index (χ3v) is 4.91. The molecule has 0 bridgehead atoms. The normalized spacial score (nSPS) is 12.1. The van der Waals surface area contributed by atoms with E-state index < -0.39 is 10.0 Å². The molecular formula is C14H22BrNO3S. The Balaban J connectivity index is 2.48. The highest BCUT2D eigenvalue weighted by Gasteiger charge is 2.16. The van der Waals surface area contributed by atoms with E-state index in [-0.39, 0.29) is 6.54 Å².